The van der Waals surface area contributed by atoms with Gasteiger partial charge in [-0.1, -0.05) is 30.3 Å². The zero-order valence-electron chi connectivity index (χ0n) is 18.4. The average molecular weight is 428 g/mol. The topological polar surface area (TPSA) is 85.3 Å². The molecule has 2 aromatic rings. The molecule has 7 heteroatoms. The highest BCUT2D eigenvalue weighted by Crippen LogP contribution is 2.31. The van der Waals surface area contributed by atoms with Gasteiger partial charge in [-0.15, -0.1) is 0 Å². The first-order valence-electron chi connectivity index (χ1n) is 10.7. The molecule has 0 saturated carbocycles. The van der Waals surface area contributed by atoms with Gasteiger partial charge in [0.15, 0.2) is 0 Å². The Bertz CT molecular complexity index is 841. The number of nitrogens with one attached hydrogen (secondary N) is 1. The molecule has 168 valence electrons. The Morgan fingerprint density at radius 2 is 1.94 bits per heavy atom. The maximum atomic E-state index is 11.7. The standard InChI is InChI=1S/C24H33N3O4/c1-17(30)24-22(15-28)27(31-23(24)16-29)14-18-5-4-6-20(13-18)19-7-9-21(10-8-19)25-11-12-26(2)3/h4-10,13,15,17,22-25,29-30H,11-12,14,16H2,1-3H3. The quantitative estimate of drug-likeness (QED) is 0.500. The Hall–Kier alpha value is -2.29. The molecule has 1 aliphatic rings. The fraction of sp³-hybridized carbons (Fsp3) is 0.458. The van der Waals surface area contributed by atoms with E-state index in [1.54, 1.807) is 12.0 Å². The van der Waals surface area contributed by atoms with E-state index in [0.717, 1.165) is 41.8 Å². The Morgan fingerprint density at radius 1 is 1.19 bits per heavy atom. The van der Waals surface area contributed by atoms with E-state index in [4.69, 9.17) is 4.84 Å². The van der Waals surface area contributed by atoms with E-state index in [0.29, 0.717) is 6.54 Å². The lowest BCUT2D eigenvalue weighted by molar-refractivity contribution is -0.177. The summed E-state index contributed by atoms with van der Waals surface area (Å²) in [4.78, 5) is 19.6. The summed E-state index contributed by atoms with van der Waals surface area (Å²) in [5, 5.41) is 24.6. The van der Waals surface area contributed by atoms with Crippen molar-refractivity contribution in [3.63, 3.8) is 0 Å². The minimum absolute atomic E-state index is 0.245. The number of benzene rings is 2. The molecule has 1 saturated heterocycles. The van der Waals surface area contributed by atoms with E-state index < -0.39 is 24.2 Å². The summed E-state index contributed by atoms with van der Waals surface area (Å²) < 4.78 is 0. The van der Waals surface area contributed by atoms with Gasteiger partial charge in [-0.3, -0.25) is 4.84 Å². The molecule has 4 atom stereocenters. The molecule has 0 spiro atoms. The lowest BCUT2D eigenvalue weighted by Gasteiger charge is -2.22. The highest BCUT2D eigenvalue weighted by Gasteiger charge is 2.45. The number of carbonyl (C=O) groups is 1. The van der Waals surface area contributed by atoms with Crippen molar-refractivity contribution in [3.05, 3.63) is 54.1 Å². The lowest BCUT2D eigenvalue weighted by atomic mass is 9.91. The smallest absolute Gasteiger partial charge is 0.140 e. The molecule has 1 aliphatic heterocycles. The third kappa shape index (κ3) is 5.90. The number of anilines is 1. The molecule has 1 fully saturated rings. The summed E-state index contributed by atoms with van der Waals surface area (Å²) in [6.45, 7) is 3.62. The second-order valence-corrected chi connectivity index (χ2v) is 8.35. The molecule has 0 bridgehead atoms. The van der Waals surface area contributed by atoms with Gasteiger partial charge in [-0.2, -0.15) is 5.06 Å². The van der Waals surface area contributed by atoms with Gasteiger partial charge in [0.1, 0.15) is 12.4 Å². The van der Waals surface area contributed by atoms with E-state index in [2.05, 4.69) is 60.7 Å². The molecule has 0 aromatic heterocycles. The van der Waals surface area contributed by atoms with E-state index in [1.165, 1.54) is 0 Å². The highest BCUT2D eigenvalue weighted by atomic mass is 16.7. The van der Waals surface area contributed by atoms with Crippen LogP contribution in [0.3, 0.4) is 0 Å². The lowest BCUT2D eigenvalue weighted by Crippen LogP contribution is -2.39. The average Bonchev–Trinajstić information content (AvgIpc) is 3.11. The SMILES string of the molecule is CC(O)C1C(CO)ON(Cc2cccc(-c3ccc(NCCN(C)C)cc3)c2)C1C=O. The normalized spacial score (nSPS) is 22.6. The molecule has 0 amide bonds. The number of nitrogens with zero attached hydrogens (tertiary/aromatic N) is 2. The van der Waals surface area contributed by atoms with Crippen LogP contribution in [-0.4, -0.2) is 78.5 Å². The molecule has 2 aromatic carbocycles. The van der Waals surface area contributed by atoms with Gasteiger partial charge < -0.3 is 25.2 Å². The highest BCUT2D eigenvalue weighted by molar-refractivity contribution is 5.66. The third-order valence-corrected chi connectivity index (χ3v) is 5.68. The van der Waals surface area contributed by atoms with Crippen LogP contribution in [0, 0.1) is 5.92 Å². The van der Waals surface area contributed by atoms with Crippen LogP contribution in [0.15, 0.2) is 48.5 Å². The second kappa shape index (κ2) is 10.8. The van der Waals surface area contributed by atoms with Gasteiger partial charge in [-0.05, 0) is 55.9 Å². The minimum Gasteiger partial charge on any atom is -0.394 e. The minimum atomic E-state index is -0.756. The second-order valence-electron chi connectivity index (χ2n) is 8.35. The number of likely N-dealkylation sites (N-methyl/N-ethyl adjacent to an activating group) is 1. The van der Waals surface area contributed by atoms with Crippen molar-refractivity contribution in [2.75, 3.05) is 39.1 Å². The largest absolute Gasteiger partial charge is 0.394 e. The van der Waals surface area contributed by atoms with Gasteiger partial charge >= 0.3 is 0 Å². The van der Waals surface area contributed by atoms with Crippen LogP contribution in [0.1, 0.15) is 12.5 Å². The summed E-state index contributed by atoms with van der Waals surface area (Å²) in [6, 6.07) is 15.8. The molecule has 3 rings (SSSR count). The zero-order chi connectivity index (χ0) is 22.4. The summed E-state index contributed by atoms with van der Waals surface area (Å²) in [7, 11) is 4.10. The first-order chi connectivity index (χ1) is 14.9. The van der Waals surface area contributed by atoms with Crippen molar-refractivity contribution < 1.29 is 19.8 Å². The first-order valence-corrected chi connectivity index (χ1v) is 10.7. The van der Waals surface area contributed by atoms with Gasteiger partial charge in [0.2, 0.25) is 0 Å². The number of hydrogen-bond acceptors (Lipinski definition) is 7. The Kier molecular flexibility index (Phi) is 8.17. The van der Waals surface area contributed by atoms with E-state index in [-0.39, 0.29) is 6.61 Å². The first kappa shape index (κ1) is 23.4. The molecule has 7 nitrogen and oxygen atoms in total. The predicted octanol–water partition coefficient (Wildman–Crippen LogP) is 2.00. The van der Waals surface area contributed by atoms with Crippen molar-refractivity contribution in [1.82, 2.24) is 9.96 Å². The molecule has 31 heavy (non-hydrogen) atoms. The van der Waals surface area contributed by atoms with Crippen LogP contribution >= 0.6 is 0 Å². The van der Waals surface area contributed by atoms with Crippen LogP contribution in [0.5, 0.6) is 0 Å². The fourth-order valence-corrected chi connectivity index (χ4v) is 4.01. The van der Waals surface area contributed by atoms with Crippen molar-refractivity contribution in [1.29, 1.82) is 0 Å². The molecule has 0 radical (unpaired) electrons. The summed E-state index contributed by atoms with van der Waals surface area (Å²) in [6.07, 6.45) is -0.557. The molecular weight excluding hydrogens is 394 g/mol. The molecule has 1 heterocycles. The summed E-state index contributed by atoms with van der Waals surface area (Å²) in [5.74, 6) is -0.460. The monoisotopic (exact) mass is 427 g/mol. The van der Waals surface area contributed by atoms with Crippen LogP contribution in [0.2, 0.25) is 0 Å². The zero-order valence-corrected chi connectivity index (χ0v) is 18.4. The van der Waals surface area contributed by atoms with Crippen molar-refractivity contribution in [2.24, 2.45) is 5.92 Å². The van der Waals surface area contributed by atoms with Crippen LogP contribution in [0.4, 0.5) is 5.69 Å². The molecule has 0 aliphatic carbocycles. The van der Waals surface area contributed by atoms with E-state index in [1.807, 2.05) is 12.1 Å². The van der Waals surface area contributed by atoms with Crippen molar-refractivity contribution in [3.8, 4) is 11.1 Å². The number of carbonyl (C=O) groups excluding carboxylic acids is 1. The van der Waals surface area contributed by atoms with Crippen LogP contribution in [-0.2, 0) is 16.2 Å². The van der Waals surface area contributed by atoms with Crippen molar-refractivity contribution in [2.45, 2.75) is 31.7 Å². The molecular formula is C24H33N3O4. The van der Waals surface area contributed by atoms with Gasteiger partial charge in [-0.25, -0.2) is 0 Å². The molecule has 3 N–H and O–H groups in total. The Morgan fingerprint density at radius 3 is 2.55 bits per heavy atom. The number of hydroxylamine groups is 2. The fourth-order valence-electron chi connectivity index (χ4n) is 4.01. The maximum absolute atomic E-state index is 11.7. The predicted molar refractivity (Wildman–Crippen MR) is 121 cm³/mol. The Balaban J connectivity index is 1.70. The van der Waals surface area contributed by atoms with Crippen LogP contribution < -0.4 is 5.32 Å². The van der Waals surface area contributed by atoms with Gasteiger partial charge in [0, 0.05) is 31.2 Å². The maximum Gasteiger partial charge on any atom is 0.140 e. The van der Waals surface area contributed by atoms with Gasteiger partial charge in [0.25, 0.3) is 0 Å². The summed E-state index contributed by atoms with van der Waals surface area (Å²) in [5.41, 5.74) is 4.25. The van der Waals surface area contributed by atoms with Crippen LogP contribution in [0.25, 0.3) is 11.1 Å². The van der Waals surface area contributed by atoms with E-state index in [9.17, 15) is 15.0 Å². The number of aliphatic hydroxyl groups excluding tert-OH is 2. The molecule has 4 unspecified atom stereocenters. The Labute approximate surface area is 184 Å². The number of aliphatic hydroxyl groups is 2. The number of aldehydes is 1. The number of rotatable bonds is 10. The van der Waals surface area contributed by atoms with E-state index >= 15 is 0 Å². The number of hydrogen-bond donors (Lipinski definition) is 3. The van der Waals surface area contributed by atoms with Gasteiger partial charge in [0.05, 0.1) is 18.8 Å². The summed E-state index contributed by atoms with van der Waals surface area (Å²) >= 11 is 0. The van der Waals surface area contributed by atoms with Crippen molar-refractivity contribution >= 4 is 12.0 Å². The third-order valence-electron chi connectivity index (χ3n) is 5.68.